The minimum atomic E-state index is -0.249. The predicted molar refractivity (Wildman–Crippen MR) is 170 cm³/mol. The highest BCUT2D eigenvalue weighted by molar-refractivity contribution is 6.04. The number of fused-ring (bicyclic) bond motifs is 1. The summed E-state index contributed by atoms with van der Waals surface area (Å²) < 4.78 is 0. The number of nitrogen functional groups attached to an aromatic ring is 1. The van der Waals surface area contributed by atoms with Gasteiger partial charge in [0.15, 0.2) is 11.6 Å². The standard InChI is InChI=1S/C31H41N11O/c1-19-8-9-20(29(43)36-24-17-23(39-40-24)31(2,3)4)16-22(19)35-28-26-25(33-18-34-28)27(32)38-30(37-26)42-14-10-21(11-15-42)41-12-6-5-7-13-41/h8-9,16-18,21H,5-7,10-15H2,1-4H3,(H2,32,37,38)(H,33,34,35)(H2,36,39,40,43). The quantitative estimate of drug-likeness (QED) is 0.249. The lowest BCUT2D eigenvalue weighted by Crippen LogP contribution is -2.47. The first-order chi connectivity index (χ1) is 20.7. The van der Waals surface area contributed by atoms with E-state index in [9.17, 15) is 4.79 Å². The third-order valence-corrected chi connectivity index (χ3v) is 8.50. The van der Waals surface area contributed by atoms with Crippen molar-refractivity contribution in [3.8, 4) is 0 Å². The Kier molecular flexibility index (Phi) is 7.87. The average Bonchev–Trinajstić information content (AvgIpc) is 3.48. The number of likely N-dealkylation sites (tertiary alicyclic amines) is 1. The molecule has 0 radical (unpaired) electrons. The fourth-order valence-electron chi connectivity index (χ4n) is 5.90. The maximum Gasteiger partial charge on any atom is 0.256 e. The third-order valence-electron chi connectivity index (χ3n) is 8.50. The fourth-order valence-corrected chi connectivity index (χ4v) is 5.90. The highest BCUT2D eigenvalue weighted by Crippen LogP contribution is 2.30. The van der Waals surface area contributed by atoms with Gasteiger partial charge in [-0.3, -0.25) is 9.89 Å². The molecule has 0 unspecified atom stereocenters. The lowest BCUT2D eigenvalue weighted by molar-refractivity contribution is 0.102. The van der Waals surface area contributed by atoms with Crippen LogP contribution in [-0.4, -0.2) is 73.2 Å². The summed E-state index contributed by atoms with van der Waals surface area (Å²) in [4.78, 5) is 36.4. The van der Waals surface area contributed by atoms with Gasteiger partial charge in [0.05, 0.1) is 5.69 Å². The molecule has 5 heterocycles. The topological polar surface area (TPSA) is 154 Å². The van der Waals surface area contributed by atoms with Crippen LogP contribution in [-0.2, 0) is 5.41 Å². The van der Waals surface area contributed by atoms with Crippen molar-refractivity contribution in [2.75, 3.05) is 47.4 Å². The Balaban J connectivity index is 1.21. The predicted octanol–water partition coefficient (Wildman–Crippen LogP) is 4.78. The maximum atomic E-state index is 13.1. The van der Waals surface area contributed by atoms with Crippen LogP contribution in [0, 0.1) is 6.92 Å². The number of benzene rings is 1. The Labute approximate surface area is 251 Å². The number of nitrogens with zero attached hydrogens (tertiary/aromatic N) is 7. The smallest absolute Gasteiger partial charge is 0.256 e. The van der Waals surface area contributed by atoms with Gasteiger partial charge in [0.2, 0.25) is 5.95 Å². The number of hydrogen-bond donors (Lipinski definition) is 4. The van der Waals surface area contributed by atoms with Gasteiger partial charge in [0.1, 0.15) is 23.2 Å². The van der Waals surface area contributed by atoms with E-state index in [0.29, 0.717) is 46.0 Å². The van der Waals surface area contributed by atoms with Crippen LogP contribution in [0.4, 0.5) is 29.1 Å². The summed E-state index contributed by atoms with van der Waals surface area (Å²) in [6, 6.07) is 7.97. The Morgan fingerprint density at radius 1 is 1.00 bits per heavy atom. The number of aromatic nitrogens is 6. The molecule has 6 rings (SSSR count). The molecule has 2 aliphatic rings. The van der Waals surface area contributed by atoms with Crippen LogP contribution in [0.25, 0.3) is 11.0 Å². The number of carbonyl (C=O) groups is 1. The molecule has 0 saturated carbocycles. The molecule has 12 nitrogen and oxygen atoms in total. The molecule has 0 atom stereocenters. The summed E-state index contributed by atoms with van der Waals surface area (Å²) >= 11 is 0. The molecule has 0 aliphatic carbocycles. The van der Waals surface area contributed by atoms with Gasteiger partial charge in [0, 0.05) is 41.9 Å². The number of nitrogens with one attached hydrogen (secondary N) is 3. The Morgan fingerprint density at radius 2 is 1.77 bits per heavy atom. The number of nitrogens with two attached hydrogens (primary N) is 1. The molecule has 0 bridgehead atoms. The van der Waals surface area contributed by atoms with Crippen molar-refractivity contribution in [2.24, 2.45) is 0 Å². The van der Waals surface area contributed by atoms with Gasteiger partial charge in [0.25, 0.3) is 5.91 Å². The minimum absolute atomic E-state index is 0.128. The molecule has 1 amide bonds. The number of aromatic amines is 1. The molecule has 0 spiro atoms. The molecule has 43 heavy (non-hydrogen) atoms. The molecule has 5 N–H and O–H groups in total. The van der Waals surface area contributed by atoms with E-state index in [1.54, 1.807) is 12.1 Å². The van der Waals surface area contributed by atoms with E-state index >= 15 is 0 Å². The minimum Gasteiger partial charge on any atom is -0.382 e. The van der Waals surface area contributed by atoms with Crippen LogP contribution >= 0.6 is 0 Å². The fraction of sp³-hybridized carbons (Fsp3) is 0.484. The number of anilines is 5. The zero-order valence-electron chi connectivity index (χ0n) is 25.4. The monoisotopic (exact) mass is 583 g/mol. The van der Waals surface area contributed by atoms with Crippen LogP contribution < -0.4 is 21.3 Å². The van der Waals surface area contributed by atoms with Crippen molar-refractivity contribution >= 4 is 46.0 Å². The van der Waals surface area contributed by atoms with Gasteiger partial charge in [-0.05, 0) is 63.4 Å². The molecule has 2 aliphatic heterocycles. The molecule has 2 fully saturated rings. The average molecular weight is 584 g/mol. The van der Waals surface area contributed by atoms with Gasteiger partial charge >= 0.3 is 0 Å². The SMILES string of the molecule is Cc1ccc(C(=O)Nc2cc(C(C)(C)C)n[nH]2)cc1Nc1ncnc2c(N)nc(N3CCC(N4CCCCC4)CC3)nc12. The van der Waals surface area contributed by atoms with Gasteiger partial charge in [-0.15, -0.1) is 0 Å². The van der Waals surface area contributed by atoms with E-state index in [-0.39, 0.29) is 11.3 Å². The highest BCUT2D eigenvalue weighted by atomic mass is 16.1. The second-order valence-corrected chi connectivity index (χ2v) is 12.7. The number of rotatable bonds is 6. The van der Waals surface area contributed by atoms with E-state index in [4.69, 9.17) is 10.7 Å². The first-order valence-corrected chi connectivity index (χ1v) is 15.2. The van der Waals surface area contributed by atoms with Gasteiger partial charge in [-0.2, -0.15) is 10.1 Å². The van der Waals surface area contributed by atoms with Crippen LogP contribution in [0.5, 0.6) is 0 Å². The molecule has 3 aromatic heterocycles. The highest BCUT2D eigenvalue weighted by Gasteiger charge is 2.27. The first kappa shape index (κ1) is 28.8. The van der Waals surface area contributed by atoms with Crippen molar-refractivity contribution < 1.29 is 4.79 Å². The summed E-state index contributed by atoms with van der Waals surface area (Å²) in [5.74, 6) is 1.72. The number of amides is 1. The summed E-state index contributed by atoms with van der Waals surface area (Å²) in [6.07, 6.45) is 7.57. The van der Waals surface area contributed by atoms with Crippen LogP contribution in [0.15, 0.2) is 30.6 Å². The normalized spacial score (nSPS) is 16.9. The molecular formula is C31H41N11O. The van der Waals surface area contributed by atoms with Crippen molar-refractivity contribution in [3.63, 3.8) is 0 Å². The molecule has 1 aromatic carbocycles. The van der Waals surface area contributed by atoms with Gasteiger partial charge in [-0.25, -0.2) is 15.0 Å². The zero-order valence-corrected chi connectivity index (χ0v) is 25.4. The maximum absolute atomic E-state index is 13.1. The van der Waals surface area contributed by atoms with Crippen LogP contribution in [0.2, 0.25) is 0 Å². The van der Waals surface area contributed by atoms with E-state index in [1.807, 2.05) is 19.1 Å². The van der Waals surface area contributed by atoms with E-state index in [0.717, 1.165) is 42.9 Å². The van der Waals surface area contributed by atoms with Crippen molar-refractivity contribution in [1.29, 1.82) is 0 Å². The van der Waals surface area contributed by atoms with E-state index < -0.39 is 0 Å². The molecule has 226 valence electrons. The molecule has 4 aromatic rings. The molecule has 2 saturated heterocycles. The zero-order chi connectivity index (χ0) is 30.1. The lowest BCUT2D eigenvalue weighted by Gasteiger charge is -2.40. The summed E-state index contributed by atoms with van der Waals surface area (Å²) in [7, 11) is 0. The first-order valence-electron chi connectivity index (χ1n) is 15.2. The molecule has 12 heteroatoms. The van der Waals surface area contributed by atoms with Gasteiger partial charge in [-0.1, -0.05) is 33.3 Å². The second-order valence-electron chi connectivity index (χ2n) is 12.7. The van der Waals surface area contributed by atoms with Crippen LogP contribution in [0.3, 0.4) is 0 Å². The second kappa shape index (κ2) is 11.8. The number of aryl methyl sites for hydroxylation is 1. The number of H-pyrrole nitrogens is 1. The Morgan fingerprint density at radius 3 is 2.49 bits per heavy atom. The number of carbonyl (C=O) groups excluding carboxylic acids is 1. The molecular weight excluding hydrogens is 542 g/mol. The summed E-state index contributed by atoms with van der Waals surface area (Å²) in [5, 5.41) is 13.5. The van der Waals surface area contributed by atoms with Crippen LogP contribution in [0.1, 0.15) is 74.5 Å². The van der Waals surface area contributed by atoms with E-state index in [2.05, 4.69) is 66.4 Å². The largest absolute Gasteiger partial charge is 0.382 e. The Hall–Kier alpha value is -4.32. The van der Waals surface area contributed by atoms with Crippen molar-refractivity contribution in [1.82, 2.24) is 35.0 Å². The van der Waals surface area contributed by atoms with Gasteiger partial charge < -0.3 is 26.2 Å². The third kappa shape index (κ3) is 6.24. The van der Waals surface area contributed by atoms with Crippen molar-refractivity contribution in [3.05, 3.63) is 47.4 Å². The summed E-state index contributed by atoms with van der Waals surface area (Å²) in [5.41, 5.74) is 10.3. The lowest BCUT2D eigenvalue weighted by atomic mass is 9.92. The van der Waals surface area contributed by atoms with E-state index in [1.165, 1.54) is 38.7 Å². The number of hydrogen-bond acceptors (Lipinski definition) is 10. The number of piperidine rings is 2. The Bertz CT molecular complexity index is 1610. The summed E-state index contributed by atoms with van der Waals surface area (Å²) in [6.45, 7) is 12.4. The van der Waals surface area contributed by atoms with Crippen molar-refractivity contribution in [2.45, 2.75) is 71.3 Å².